The van der Waals surface area contributed by atoms with E-state index in [-0.39, 0.29) is 0 Å². The summed E-state index contributed by atoms with van der Waals surface area (Å²) in [6.45, 7) is 0. The number of rotatable bonds is 1. The molecule has 0 radical (unpaired) electrons. The molecule has 0 bridgehead atoms. The highest BCUT2D eigenvalue weighted by Gasteiger charge is 2.13. The van der Waals surface area contributed by atoms with E-state index in [1.54, 1.807) is 0 Å². The van der Waals surface area contributed by atoms with Crippen molar-refractivity contribution in [1.82, 2.24) is 0 Å². The van der Waals surface area contributed by atoms with Crippen LogP contribution in [0.15, 0.2) is 0 Å². The van der Waals surface area contributed by atoms with Crippen LogP contribution in [0.2, 0.25) is 0 Å². The van der Waals surface area contributed by atoms with E-state index < -0.39 is 0 Å². The second-order valence-corrected chi connectivity index (χ2v) is 3.26. The molecule has 0 atom stereocenters. The molecule has 0 nitrogen and oxygen atoms in total. The normalized spacial score (nSPS) is 24.0. The van der Waals surface area contributed by atoms with E-state index in [9.17, 15) is 0 Å². The van der Waals surface area contributed by atoms with E-state index >= 15 is 0 Å². The third-order valence-electron chi connectivity index (χ3n) is 1.22. The molecule has 0 spiro atoms. The third-order valence-corrected chi connectivity index (χ3v) is 2.93. The first kappa shape index (κ1) is 4.67. The van der Waals surface area contributed by atoms with Crippen molar-refractivity contribution in [2.24, 2.45) is 0 Å². The lowest BCUT2D eigenvalue weighted by molar-refractivity contribution is 0.521. The van der Waals surface area contributed by atoms with Crippen LogP contribution >= 0.6 is 7.36 Å². The molecule has 2 heteroatoms. The quantitative estimate of drug-likeness (QED) is 0.474. The molecule has 34 valence electrons. The van der Waals surface area contributed by atoms with E-state index in [4.69, 9.17) is 11.8 Å². The summed E-state index contributed by atoms with van der Waals surface area (Å²) in [6, 6.07) is 0. The first-order valence-electron chi connectivity index (χ1n) is 2.26. The highest BCUT2D eigenvalue weighted by atomic mass is 32.4. The summed E-state index contributed by atoms with van der Waals surface area (Å²) in [5.41, 5.74) is 0.903. The molecule has 0 unspecified atom stereocenters. The summed E-state index contributed by atoms with van der Waals surface area (Å²) in [5.74, 6) is 0. The smallest absolute Gasteiger partial charge is 0.0113 e. The van der Waals surface area contributed by atoms with Gasteiger partial charge in [-0.05, 0) is 20.2 Å². The molecular formula is C4H7PS. The van der Waals surface area contributed by atoms with Crippen molar-refractivity contribution in [2.45, 2.75) is 24.9 Å². The van der Waals surface area contributed by atoms with Crippen molar-refractivity contribution in [3.63, 3.8) is 0 Å². The number of hydrogen-bond acceptors (Lipinski definition) is 1. The fourth-order valence-corrected chi connectivity index (χ4v) is 1.70. The fourth-order valence-electron chi connectivity index (χ4n) is 0.492. The van der Waals surface area contributed by atoms with Gasteiger partial charge in [0.25, 0.3) is 0 Å². The largest absolute Gasteiger partial charge is 0.0575 e. The van der Waals surface area contributed by atoms with Gasteiger partial charge in [0.2, 0.25) is 0 Å². The summed E-state index contributed by atoms with van der Waals surface area (Å²) >= 11 is 4.80. The molecule has 6 heavy (non-hydrogen) atoms. The van der Waals surface area contributed by atoms with Gasteiger partial charge in [-0.15, -0.1) is 0 Å². The van der Waals surface area contributed by atoms with E-state index in [1.165, 1.54) is 26.6 Å². The van der Waals surface area contributed by atoms with Crippen molar-refractivity contribution in [1.29, 1.82) is 0 Å². The van der Waals surface area contributed by atoms with Crippen LogP contribution in [-0.2, 0) is 11.8 Å². The molecule has 0 aromatic heterocycles. The molecule has 1 aliphatic carbocycles. The highest BCUT2D eigenvalue weighted by molar-refractivity contribution is 7.96. The molecule has 1 rings (SSSR count). The Morgan fingerprint density at radius 1 is 1.50 bits per heavy atom. The maximum Gasteiger partial charge on any atom is 0.0113 e. The zero-order chi connectivity index (χ0) is 4.41. The van der Waals surface area contributed by atoms with E-state index in [2.05, 4.69) is 0 Å². The predicted octanol–water partition coefficient (Wildman–Crippen LogP) is 1.95. The second kappa shape index (κ2) is 1.99. The maximum absolute atomic E-state index is 4.80. The summed E-state index contributed by atoms with van der Waals surface area (Å²) in [5, 5.41) is 0. The van der Waals surface area contributed by atoms with Crippen LogP contribution in [-0.4, -0.2) is 5.66 Å². The van der Waals surface area contributed by atoms with Crippen molar-refractivity contribution in [2.75, 3.05) is 0 Å². The first-order valence-corrected chi connectivity index (χ1v) is 4.23. The SMILES string of the molecule is S=PC1CCC1. The monoisotopic (exact) mass is 118 g/mol. The van der Waals surface area contributed by atoms with Crippen LogP contribution in [0.5, 0.6) is 0 Å². The summed E-state index contributed by atoms with van der Waals surface area (Å²) < 4.78 is 0. The topological polar surface area (TPSA) is 0 Å². The van der Waals surface area contributed by atoms with E-state index in [0.29, 0.717) is 0 Å². The molecular weight excluding hydrogens is 111 g/mol. The Morgan fingerprint density at radius 3 is 2.17 bits per heavy atom. The van der Waals surface area contributed by atoms with Gasteiger partial charge in [0, 0.05) is 5.66 Å². The molecule has 1 fully saturated rings. The zero-order valence-corrected chi connectivity index (χ0v) is 5.27. The molecule has 0 aliphatic heterocycles. The van der Waals surface area contributed by atoms with Gasteiger partial charge in [-0.25, -0.2) is 0 Å². The average Bonchev–Trinajstić information content (AvgIpc) is 1.31. The third kappa shape index (κ3) is 0.772. The fraction of sp³-hybridized carbons (Fsp3) is 1.00. The van der Waals surface area contributed by atoms with Gasteiger partial charge in [0.15, 0.2) is 0 Å². The van der Waals surface area contributed by atoms with Gasteiger partial charge in [0.05, 0.1) is 0 Å². The Hall–Kier alpha value is 0.520. The highest BCUT2D eigenvalue weighted by Crippen LogP contribution is 2.29. The first-order chi connectivity index (χ1) is 2.93. The van der Waals surface area contributed by atoms with Crippen molar-refractivity contribution in [3.8, 4) is 0 Å². The van der Waals surface area contributed by atoms with Crippen molar-refractivity contribution < 1.29 is 0 Å². The van der Waals surface area contributed by atoms with Crippen molar-refractivity contribution >= 4 is 19.2 Å². The molecule has 0 aromatic rings. The van der Waals surface area contributed by atoms with Gasteiger partial charge in [0.1, 0.15) is 0 Å². The molecule has 0 heterocycles. The average molecular weight is 118 g/mol. The lowest BCUT2D eigenvalue weighted by Crippen LogP contribution is -2.08. The lowest BCUT2D eigenvalue weighted by atomic mass is 10.00. The van der Waals surface area contributed by atoms with Crippen LogP contribution in [0.1, 0.15) is 19.3 Å². The van der Waals surface area contributed by atoms with Gasteiger partial charge < -0.3 is 0 Å². The van der Waals surface area contributed by atoms with E-state index in [1.807, 2.05) is 0 Å². The molecule has 0 aromatic carbocycles. The maximum atomic E-state index is 4.80. The van der Waals surface area contributed by atoms with Gasteiger partial charge in [-0.1, -0.05) is 18.2 Å². The van der Waals surface area contributed by atoms with Gasteiger partial charge >= 0.3 is 0 Å². The molecule has 0 amide bonds. The Balaban J connectivity index is 2.16. The molecule has 1 saturated carbocycles. The number of hydrogen-bond donors (Lipinski definition) is 0. The zero-order valence-electron chi connectivity index (χ0n) is 3.55. The van der Waals surface area contributed by atoms with Gasteiger partial charge in [-0.2, -0.15) is 0 Å². The van der Waals surface area contributed by atoms with Crippen LogP contribution in [0, 0.1) is 0 Å². The predicted molar refractivity (Wildman–Crippen MR) is 31.9 cm³/mol. The molecule has 0 saturated heterocycles. The summed E-state index contributed by atoms with van der Waals surface area (Å²) in [6.07, 6.45) is 4.21. The lowest BCUT2D eigenvalue weighted by Gasteiger charge is -2.18. The van der Waals surface area contributed by atoms with Crippen LogP contribution < -0.4 is 0 Å². The summed E-state index contributed by atoms with van der Waals surface area (Å²) in [7, 11) is 1.20. The Morgan fingerprint density at radius 2 is 2.17 bits per heavy atom. The Labute approximate surface area is 44.8 Å². The minimum Gasteiger partial charge on any atom is -0.0575 e. The second-order valence-electron chi connectivity index (χ2n) is 1.69. The minimum absolute atomic E-state index is 0.903. The van der Waals surface area contributed by atoms with E-state index in [0.717, 1.165) is 5.66 Å². The Kier molecular flexibility index (Phi) is 1.55. The van der Waals surface area contributed by atoms with Crippen molar-refractivity contribution in [3.05, 3.63) is 0 Å². The van der Waals surface area contributed by atoms with Crippen LogP contribution in [0.3, 0.4) is 0 Å². The minimum atomic E-state index is 0.903. The Bertz CT molecular complexity index is 58.6. The van der Waals surface area contributed by atoms with Crippen LogP contribution in [0.4, 0.5) is 0 Å². The molecule has 0 N–H and O–H groups in total. The van der Waals surface area contributed by atoms with Gasteiger partial charge in [-0.3, -0.25) is 0 Å². The standard InChI is InChI=1S/C4H7PS/c6-5-4-2-1-3-4/h4H,1-3H2. The molecule has 1 aliphatic rings. The van der Waals surface area contributed by atoms with Crippen LogP contribution in [0.25, 0.3) is 0 Å². The summed E-state index contributed by atoms with van der Waals surface area (Å²) in [4.78, 5) is 0.